The Hall–Kier alpha value is -1.97. The molecule has 1 aromatic carbocycles. The molecule has 0 aliphatic heterocycles. The quantitative estimate of drug-likeness (QED) is 0.870. The van der Waals surface area contributed by atoms with Crippen LogP contribution in [0.5, 0.6) is 11.5 Å². The molecule has 0 aromatic heterocycles. The Morgan fingerprint density at radius 2 is 2.06 bits per heavy atom. The largest absolute Gasteiger partial charge is 0.493 e. The Morgan fingerprint density at radius 1 is 1.29 bits per heavy atom. The van der Waals surface area contributed by atoms with Crippen LogP contribution < -0.4 is 9.47 Å². The third kappa shape index (κ3) is 1.86. The number of methoxy groups -OCH3 is 2. The molecule has 1 aliphatic rings. The van der Waals surface area contributed by atoms with Crippen LogP contribution >= 0.6 is 0 Å². The summed E-state index contributed by atoms with van der Waals surface area (Å²) in [5.74, 6) is 0.368. The second-order valence-electron chi connectivity index (χ2n) is 3.79. The van der Waals surface area contributed by atoms with Gasteiger partial charge < -0.3 is 14.6 Å². The van der Waals surface area contributed by atoms with Crippen LogP contribution in [0.25, 0.3) is 5.57 Å². The maximum Gasteiger partial charge on any atom is 0.335 e. The highest BCUT2D eigenvalue weighted by molar-refractivity contribution is 6.16. The van der Waals surface area contributed by atoms with Crippen molar-refractivity contribution in [1.29, 1.82) is 0 Å². The van der Waals surface area contributed by atoms with Gasteiger partial charge in [0, 0.05) is 5.56 Å². The summed E-state index contributed by atoms with van der Waals surface area (Å²) in [4.78, 5) is 11.1. The van der Waals surface area contributed by atoms with Crippen LogP contribution in [0.15, 0.2) is 18.2 Å². The molecule has 90 valence electrons. The molecule has 1 aliphatic carbocycles. The van der Waals surface area contributed by atoms with Gasteiger partial charge in [-0.05, 0) is 30.5 Å². The van der Waals surface area contributed by atoms with Crippen molar-refractivity contribution in [3.8, 4) is 11.5 Å². The minimum atomic E-state index is -0.904. The monoisotopic (exact) mass is 234 g/mol. The van der Waals surface area contributed by atoms with Crippen LogP contribution in [0.3, 0.4) is 0 Å². The van der Waals surface area contributed by atoms with Crippen LogP contribution in [-0.4, -0.2) is 25.3 Å². The maximum absolute atomic E-state index is 11.1. The van der Waals surface area contributed by atoms with E-state index in [9.17, 15) is 4.79 Å². The van der Waals surface area contributed by atoms with Gasteiger partial charge in [-0.15, -0.1) is 0 Å². The highest BCUT2D eigenvalue weighted by Crippen LogP contribution is 2.39. The standard InChI is InChI=1S/C13H14O4/c1-16-11-7-6-8-9(12(11)17-2)4-3-5-10(8)13(14)15/h5-7H,3-4H2,1-2H3,(H,14,15). The zero-order valence-corrected chi connectivity index (χ0v) is 9.82. The topological polar surface area (TPSA) is 55.8 Å². The Bertz CT molecular complexity index is 488. The molecule has 0 saturated heterocycles. The number of fused-ring (bicyclic) bond motifs is 1. The summed E-state index contributed by atoms with van der Waals surface area (Å²) in [6, 6.07) is 3.51. The SMILES string of the molecule is COc1ccc2c(c1OC)CCC=C2C(=O)O. The molecule has 4 nitrogen and oxygen atoms in total. The van der Waals surface area contributed by atoms with Gasteiger partial charge >= 0.3 is 5.97 Å². The minimum absolute atomic E-state index is 0.340. The third-order valence-corrected chi connectivity index (χ3v) is 2.91. The van der Waals surface area contributed by atoms with Crippen molar-refractivity contribution in [3.63, 3.8) is 0 Å². The van der Waals surface area contributed by atoms with E-state index < -0.39 is 5.97 Å². The van der Waals surface area contributed by atoms with Crippen molar-refractivity contribution < 1.29 is 19.4 Å². The number of allylic oxidation sites excluding steroid dienone is 1. The summed E-state index contributed by atoms with van der Waals surface area (Å²) in [7, 11) is 3.14. The number of rotatable bonds is 3. The molecule has 0 fully saturated rings. The molecule has 0 heterocycles. The molecule has 0 bridgehead atoms. The van der Waals surface area contributed by atoms with Gasteiger partial charge in [-0.25, -0.2) is 4.79 Å². The van der Waals surface area contributed by atoms with Crippen molar-refractivity contribution in [3.05, 3.63) is 29.3 Å². The number of carbonyl (C=O) groups is 1. The van der Waals surface area contributed by atoms with Crippen LogP contribution in [-0.2, 0) is 11.2 Å². The first-order valence-corrected chi connectivity index (χ1v) is 5.36. The van der Waals surface area contributed by atoms with Crippen molar-refractivity contribution in [1.82, 2.24) is 0 Å². The van der Waals surface area contributed by atoms with E-state index in [1.165, 1.54) is 0 Å². The highest BCUT2D eigenvalue weighted by atomic mass is 16.5. The number of carboxylic acids is 1. The van der Waals surface area contributed by atoms with Gasteiger partial charge in [-0.1, -0.05) is 6.08 Å². The molecule has 2 rings (SSSR count). The van der Waals surface area contributed by atoms with Gasteiger partial charge in [0.05, 0.1) is 19.8 Å². The average Bonchev–Trinajstić information content (AvgIpc) is 2.36. The van der Waals surface area contributed by atoms with Crippen molar-refractivity contribution >= 4 is 11.5 Å². The zero-order chi connectivity index (χ0) is 12.4. The van der Waals surface area contributed by atoms with E-state index in [-0.39, 0.29) is 0 Å². The van der Waals surface area contributed by atoms with Gasteiger partial charge in [-0.2, -0.15) is 0 Å². The molecular weight excluding hydrogens is 220 g/mol. The van der Waals surface area contributed by atoms with Gasteiger partial charge in [0.1, 0.15) is 0 Å². The molecule has 0 radical (unpaired) electrons. The summed E-state index contributed by atoms with van der Waals surface area (Å²) in [6.45, 7) is 0. The first kappa shape index (κ1) is 11.5. The predicted molar refractivity (Wildman–Crippen MR) is 63.5 cm³/mol. The third-order valence-electron chi connectivity index (χ3n) is 2.91. The maximum atomic E-state index is 11.1. The Labute approximate surface area is 99.5 Å². The average molecular weight is 234 g/mol. The summed E-state index contributed by atoms with van der Waals surface area (Å²) in [5.41, 5.74) is 1.97. The number of benzene rings is 1. The Morgan fingerprint density at radius 3 is 2.65 bits per heavy atom. The second kappa shape index (κ2) is 4.49. The number of hydrogen-bond donors (Lipinski definition) is 1. The lowest BCUT2D eigenvalue weighted by atomic mass is 9.90. The van der Waals surface area contributed by atoms with Gasteiger partial charge in [0.15, 0.2) is 11.5 Å². The van der Waals surface area contributed by atoms with E-state index in [1.807, 2.05) is 0 Å². The summed E-state index contributed by atoms with van der Waals surface area (Å²) >= 11 is 0. The summed E-state index contributed by atoms with van der Waals surface area (Å²) < 4.78 is 10.5. The second-order valence-corrected chi connectivity index (χ2v) is 3.79. The molecule has 4 heteroatoms. The molecule has 0 unspecified atom stereocenters. The van der Waals surface area contributed by atoms with E-state index in [1.54, 1.807) is 32.4 Å². The normalized spacial score (nSPS) is 13.6. The fourth-order valence-electron chi connectivity index (χ4n) is 2.16. The lowest BCUT2D eigenvalue weighted by Gasteiger charge is -2.20. The van der Waals surface area contributed by atoms with Crippen LogP contribution in [0.2, 0.25) is 0 Å². The number of ether oxygens (including phenoxy) is 2. The van der Waals surface area contributed by atoms with E-state index in [0.29, 0.717) is 23.5 Å². The van der Waals surface area contributed by atoms with Crippen molar-refractivity contribution in [2.75, 3.05) is 14.2 Å². The Kier molecular flexibility index (Phi) is 3.04. The van der Waals surface area contributed by atoms with Crippen molar-refractivity contribution in [2.24, 2.45) is 0 Å². The van der Waals surface area contributed by atoms with Crippen molar-refractivity contribution in [2.45, 2.75) is 12.8 Å². The molecule has 0 atom stereocenters. The van der Waals surface area contributed by atoms with E-state index in [4.69, 9.17) is 14.6 Å². The molecular formula is C13H14O4. The molecule has 1 aromatic rings. The zero-order valence-electron chi connectivity index (χ0n) is 9.82. The fraction of sp³-hybridized carbons (Fsp3) is 0.308. The fourth-order valence-corrected chi connectivity index (χ4v) is 2.16. The summed E-state index contributed by atoms with van der Waals surface area (Å²) in [5, 5.41) is 9.13. The Balaban J connectivity index is 2.61. The molecule has 17 heavy (non-hydrogen) atoms. The van der Waals surface area contributed by atoms with Crippen LogP contribution in [0, 0.1) is 0 Å². The van der Waals surface area contributed by atoms with E-state index in [0.717, 1.165) is 17.5 Å². The molecule has 0 amide bonds. The molecule has 0 saturated carbocycles. The first-order chi connectivity index (χ1) is 8.19. The molecule has 0 spiro atoms. The number of hydrogen-bond acceptors (Lipinski definition) is 3. The predicted octanol–water partition coefficient (Wildman–Crippen LogP) is 2.12. The van der Waals surface area contributed by atoms with Crippen LogP contribution in [0.1, 0.15) is 17.5 Å². The summed E-state index contributed by atoms with van der Waals surface area (Å²) in [6.07, 6.45) is 3.22. The first-order valence-electron chi connectivity index (χ1n) is 5.36. The van der Waals surface area contributed by atoms with Crippen LogP contribution in [0.4, 0.5) is 0 Å². The van der Waals surface area contributed by atoms with E-state index in [2.05, 4.69) is 0 Å². The number of carboxylic acid groups (broad SMARTS) is 1. The smallest absolute Gasteiger partial charge is 0.335 e. The highest BCUT2D eigenvalue weighted by Gasteiger charge is 2.23. The lowest BCUT2D eigenvalue weighted by molar-refractivity contribution is -0.130. The van der Waals surface area contributed by atoms with Gasteiger partial charge in [0.25, 0.3) is 0 Å². The lowest BCUT2D eigenvalue weighted by Crippen LogP contribution is -2.09. The van der Waals surface area contributed by atoms with Gasteiger partial charge in [-0.3, -0.25) is 0 Å². The molecule has 1 N–H and O–H groups in total. The van der Waals surface area contributed by atoms with E-state index >= 15 is 0 Å². The van der Waals surface area contributed by atoms with Gasteiger partial charge in [0.2, 0.25) is 0 Å². The minimum Gasteiger partial charge on any atom is -0.493 e. The number of aliphatic carboxylic acids is 1.